The van der Waals surface area contributed by atoms with E-state index in [1.54, 1.807) is 6.20 Å². The molecule has 1 saturated heterocycles. The van der Waals surface area contributed by atoms with Gasteiger partial charge in [-0.15, -0.1) is 0 Å². The second kappa shape index (κ2) is 5.53. The maximum atomic E-state index is 13.0. The van der Waals surface area contributed by atoms with Crippen LogP contribution in [0.5, 0.6) is 0 Å². The average molecular weight is 309 g/mol. The van der Waals surface area contributed by atoms with Crippen LogP contribution in [0.3, 0.4) is 0 Å². The smallest absolute Gasteiger partial charge is 0.274 e. The van der Waals surface area contributed by atoms with E-state index in [1.807, 2.05) is 46.7 Å². The van der Waals surface area contributed by atoms with Crippen molar-refractivity contribution in [3.8, 4) is 0 Å². The molecular weight excluding hydrogens is 290 g/mol. The van der Waals surface area contributed by atoms with Crippen LogP contribution in [0.15, 0.2) is 36.7 Å². The fraction of sp³-hybridized carbons (Fsp3) is 0.353. The van der Waals surface area contributed by atoms with Gasteiger partial charge in [-0.2, -0.15) is 5.10 Å². The van der Waals surface area contributed by atoms with E-state index in [2.05, 4.69) is 15.2 Å². The predicted octanol–water partition coefficient (Wildman–Crippen LogP) is 2.73. The van der Waals surface area contributed by atoms with Crippen LogP contribution in [0.1, 0.15) is 47.2 Å². The van der Waals surface area contributed by atoms with Crippen LogP contribution in [0.25, 0.3) is 5.65 Å². The van der Waals surface area contributed by atoms with Gasteiger partial charge in [0, 0.05) is 24.6 Å². The number of aryl methyl sites for hydroxylation is 1. The lowest BCUT2D eigenvalue weighted by Gasteiger charge is -2.34. The minimum atomic E-state index is -0.00704. The molecule has 3 aromatic heterocycles. The first-order valence-corrected chi connectivity index (χ1v) is 7.99. The molecule has 4 rings (SSSR count). The third-order valence-electron chi connectivity index (χ3n) is 4.56. The van der Waals surface area contributed by atoms with Crippen LogP contribution < -0.4 is 0 Å². The van der Waals surface area contributed by atoms with Gasteiger partial charge in [0.1, 0.15) is 11.3 Å². The Kier molecular flexibility index (Phi) is 3.37. The molecule has 0 spiro atoms. The summed E-state index contributed by atoms with van der Waals surface area (Å²) in [6.45, 7) is 2.77. The number of aromatic nitrogens is 4. The van der Waals surface area contributed by atoms with Crippen LogP contribution in [0, 0.1) is 6.92 Å². The molecule has 1 atom stereocenters. The van der Waals surface area contributed by atoms with E-state index in [-0.39, 0.29) is 11.9 Å². The highest BCUT2D eigenvalue weighted by Gasteiger charge is 2.30. The molecule has 1 aliphatic heterocycles. The molecule has 1 aliphatic rings. The van der Waals surface area contributed by atoms with Crippen LogP contribution >= 0.6 is 0 Å². The number of nitrogens with one attached hydrogen (secondary N) is 1. The molecule has 0 bridgehead atoms. The molecule has 1 N–H and O–H groups in total. The second-order valence-corrected chi connectivity index (χ2v) is 6.04. The molecule has 6 heteroatoms. The number of likely N-dealkylation sites (tertiary alicyclic amines) is 1. The molecule has 6 nitrogen and oxygen atoms in total. The van der Waals surface area contributed by atoms with Crippen molar-refractivity contribution in [3.63, 3.8) is 0 Å². The molecule has 4 heterocycles. The molecule has 0 aromatic carbocycles. The monoisotopic (exact) mass is 309 g/mol. The summed E-state index contributed by atoms with van der Waals surface area (Å²) in [5, 5.41) is 7.04. The molecule has 0 radical (unpaired) electrons. The fourth-order valence-electron chi connectivity index (χ4n) is 3.35. The lowest BCUT2D eigenvalue weighted by molar-refractivity contribution is 0.0600. The molecule has 118 valence electrons. The Hall–Kier alpha value is -2.63. The van der Waals surface area contributed by atoms with Gasteiger partial charge in [-0.1, -0.05) is 6.07 Å². The minimum absolute atomic E-state index is 0.00704. The maximum Gasteiger partial charge on any atom is 0.274 e. The van der Waals surface area contributed by atoms with Crippen molar-refractivity contribution in [2.75, 3.05) is 6.54 Å². The van der Waals surface area contributed by atoms with E-state index < -0.39 is 0 Å². The number of pyridine rings is 1. The van der Waals surface area contributed by atoms with Crippen molar-refractivity contribution in [1.29, 1.82) is 0 Å². The summed E-state index contributed by atoms with van der Waals surface area (Å²) in [6, 6.07) is 7.90. The number of hydrogen-bond donors (Lipinski definition) is 1. The van der Waals surface area contributed by atoms with Gasteiger partial charge in [0.15, 0.2) is 0 Å². The number of carbonyl (C=O) groups is 1. The fourth-order valence-corrected chi connectivity index (χ4v) is 3.35. The van der Waals surface area contributed by atoms with Crippen LogP contribution in [0.2, 0.25) is 0 Å². The largest absolute Gasteiger partial charge is 0.329 e. The number of piperidine rings is 1. The van der Waals surface area contributed by atoms with Gasteiger partial charge in [0.25, 0.3) is 5.91 Å². The van der Waals surface area contributed by atoms with Crippen molar-refractivity contribution in [2.24, 2.45) is 0 Å². The maximum absolute atomic E-state index is 13.0. The SMILES string of the molecule is Cc1cccc2nc(C(=O)N3CCCC[C@@H]3c3ccn[nH]3)cn12. The molecule has 0 saturated carbocycles. The van der Waals surface area contributed by atoms with E-state index in [1.165, 1.54) is 0 Å². The van der Waals surface area contributed by atoms with Gasteiger partial charge in [-0.3, -0.25) is 9.89 Å². The zero-order valence-electron chi connectivity index (χ0n) is 13.1. The predicted molar refractivity (Wildman–Crippen MR) is 86.1 cm³/mol. The Morgan fingerprint density at radius 3 is 3.00 bits per heavy atom. The van der Waals surface area contributed by atoms with Crippen molar-refractivity contribution in [1.82, 2.24) is 24.5 Å². The zero-order chi connectivity index (χ0) is 15.8. The zero-order valence-corrected chi connectivity index (χ0v) is 13.1. The van der Waals surface area contributed by atoms with Gasteiger partial charge in [-0.05, 0) is 44.4 Å². The molecule has 3 aromatic rings. The normalized spacial score (nSPS) is 18.5. The van der Waals surface area contributed by atoms with E-state index in [0.717, 1.165) is 42.8 Å². The number of nitrogens with zero attached hydrogens (tertiary/aromatic N) is 4. The Morgan fingerprint density at radius 2 is 2.22 bits per heavy atom. The summed E-state index contributed by atoms with van der Waals surface area (Å²) in [6.07, 6.45) is 6.69. The molecule has 1 fully saturated rings. The van der Waals surface area contributed by atoms with E-state index >= 15 is 0 Å². The van der Waals surface area contributed by atoms with Crippen molar-refractivity contribution < 1.29 is 4.79 Å². The van der Waals surface area contributed by atoms with Gasteiger partial charge in [-0.25, -0.2) is 4.98 Å². The highest BCUT2D eigenvalue weighted by molar-refractivity contribution is 5.93. The number of fused-ring (bicyclic) bond motifs is 1. The Morgan fingerprint density at radius 1 is 1.30 bits per heavy atom. The van der Waals surface area contributed by atoms with Crippen LogP contribution in [-0.2, 0) is 0 Å². The standard InChI is InChI=1S/C17H19N5O/c1-12-5-4-7-16-19-14(11-22(12)16)17(23)21-10-3-2-6-15(21)13-8-9-18-20-13/h4-5,7-9,11,15H,2-3,6,10H2,1H3,(H,18,20)/t15-/m1/s1. The molecule has 23 heavy (non-hydrogen) atoms. The summed E-state index contributed by atoms with van der Waals surface area (Å²) >= 11 is 0. The van der Waals surface area contributed by atoms with E-state index in [4.69, 9.17) is 0 Å². The highest BCUT2D eigenvalue weighted by atomic mass is 16.2. The van der Waals surface area contributed by atoms with Gasteiger partial charge in [0.05, 0.1) is 11.7 Å². The number of carbonyl (C=O) groups excluding carboxylic acids is 1. The van der Waals surface area contributed by atoms with E-state index in [9.17, 15) is 4.79 Å². The third kappa shape index (κ3) is 2.40. The van der Waals surface area contributed by atoms with Crippen molar-refractivity contribution >= 4 is 11.6 Å². The molecular formula is C17H19N5O. The summed E-state index contributed by atoms with van der Waals surface area (Å²) in [5.41, 5.74) is 3.38. The van der Waals surface area contributed by atoms with Crippen molar-refractivity contribution in [2.45, 2.75) is 32.2 Å². The summed E-state index contributed by atoms with van der Waals surface area (Å²) < 4.78 is 1.96. The number of hydrogen-bond acceptors (Lipinski definition) is 3. The average Bonchev–Trinajstić information content (AvgIpc) is 3.24. The minimum Gasteiger partial charge on any atom is -0.329 e. The Balaban J connectivity index is 1.69. The third-order valence-corrected chi connectivity index (χ3v) is 4.56. The lowest BCUT2D eigenvalue weighted by Crippen LogP contribution is -2.38. The summed E-state index contributed by atoms with van der Waals surface area (Å²) in [7, 11) is 0. The number of rotatable bonds is 2. The van der Waals surface area contributed by atoms with Crippen molar-refractivity contribution in [3.05, 3.63) is 53.7 Å². The second-order valence-electron chi connectivity index (χ2n) is 6.04. The first-order chi connectivity index (χ1) is 11.2. The summed E-state index contributed by atoms with van der Waals surface area (Å²) in [5.74, 6) is -0.00704. The number of imidazole rings is 1. The topological polar surface area (TPSA) is 66.3 Å². The van der Waals surface area contributed by atoms with Gasteiger partial charge in [0.2, 0.25) is 0 Å². The van der Waals surface area contributed by atoms with E-state index in [0.29, 0.717) is 5.69 Å². The molecule has 1 amide bonds. The first kappa shape index (κ1) is 14.0. The molecule has 0 aliphatic carbocycles. The number of amides is 1. The summed E-state index contributed by atoms with van der Waals surface area (Å²) in [4.78, 5) is 19.4. The first-order valence-electron chi connectivity index (χ1n) is 7.99. The lowest BCUT2D eigenvalue weighted by atomic mass is 9.99. The quantitative estimate of drug-likeness (QED) is 0.791. The molecule has 0 unspecified atom stereocenters. The Bertz CT molecular complexity index is 836. The van der Waals surface area contributed by atoms with Crippen LogP contribution in [0.4, 0.5) is 0 Å². The van der Waals surface area contributed by atoms with Crippen LogP contribution in [-0.4, -0.2) is 36.9 Å². The Labute approximate surface area is 134 Å². The van der Waals surface area contributed by atoms with Gasteiger partial charge >= 0.3 is 0 Å². The highest BCUT2D eigenvalue weighted by Crippen LogP contribution is 2.30. The number of aromatic amines is 1. The van der Waals surface area contributed by atoms with Gasteiger partial charge < -0.3 is 9.30 Å². The number of H-pyrrole nitrogens is 1.